The highest BCUT2D eigenvalue weighted by atomic mass is 15.0. The number of aromatic nitrogens is 2. The van der Waals surface area contributed by atoms with Gasteiger partial charge >= 0.3 is 0 Å². The maximum absolute atomic E-state index is 9.70. The van der Waals surface area contributed by atoms with Crippen LogP contribution in [0.1, 0.15) is 30.0 Å². The normalized spacial score (nSPS) is 15.9. The zero-order valence-corrected chi connectivity index (χ0v) is 23.6. The van der Waals surface area contributed by atoms with E-state index in [-0.39, 0.29) is 5.41 Å². The van der Waals surface area contributed by atoms with Crippen molar-refractivity contribution in [1.29, 1.82) is 10.5 Å². The lowest BCUT2D eigenvalue weighted by Crippen LogP contribution is -2.37. The number of para-hydroxylation sites is 3. The van der Waals surface area contributed by atoms with E-state index in [1.807, 2.05) is 12.1 Å². The maximum Gasteiger partial charge on any atom is 0.101 e. The average molecular weight is 551 g/mol. The second kappa shape index (κ2) is 9.35. The molecule has 0 saturated carbocycles. The maximum atomic E-state index is 9.70. The molecule has 1 aliphatic carbocycles. The lowest BCUT2D eigenvalue weighted by molar-refractivity contribution is 0.652. The molecule has 1 atom stereocenters. The number of hydrogen-bond acceptors (Lipinski definition) is 2. The first-order valence-electron chi connectivity index (χ1n) is 14.5. The first-order chi connectivity index (χ1) is 21.1. The zero-order valence-electron chi connectivity index (χ0n) is 23.6. The molecule has 0 fully saturated rings. The first-order valence-corrected chi connectivity index (χ1v) is 14.5. The number of benzene rings is 5. The first kappa shape index (κ1) is 24.9. The number of rotatable bonds is 3. The van der Waals surface area contributed by atoms with E-state index in [0.717, 1.165) is 28.7 Å². The molecule has 202 valence electrons. The number of nitrogens with zero attached hydrogens (tertiary/aromatic N) is 4. The lowest BCUT2D eigenvalue weighted by Gasteiger charge is -2.27. The fourth-order valence-corrected chi connectivity index (χ4v) is 6.85. The molecule has 0 bridgehead atoms. The van der Waals surface area contributed by atoms with E-state index in [1.54, 1.807) is 6.07 Å². The van der Waals surface area contributed by atoms with E-state index in [4.69, 9.17) is 0 Å². The van der Waals surface area contributed by atoms with Crippen molar-refractivity contribution in [2.75, 3.05) is 0 Å². The summed E-state index contributed by atoms with van der Waals surface area (Å²) in [5, 5.41) is 25.1. The SMILES string of the molecule is CC1(c2ccc3c(c2)c2ccccc2n3-c2ccccc2)C=c2c(n(-c3ccc(C#N)c(C#N)c3)c3ccccc23)=CC1. The van der Waals surface area contributed by atoms with Crippen LogP contribution in [0.25, 0.3) is 56.2 Å². The highest BCUT2D eigenvalue weighted by Crippen LogP contribution is 2.38. The van der Waals surface area contributed by atoms with Crippen LogP contribution in [-0.2, 0) is 5.41 Å². The summed E-state index contributed by atoms with van der Waals surface area (Å²) in [7, 11) is 0. The zero-order chi connectivity index (χ0) is 29.1. The van der Waals surface area contributed by atoms with Gasteiger partial charge in [-0.25, -0.2) is 0 Å². The Hall–Kier alpha value is -5.84. The van der Waals surface area contributed by atoms with Crippen LogP contribution in [0.3, 0.4) is 0 Å². The quantitative estimate of drug-likeness (QED) is 0.230. The molecule has 1 aliphatic rings. The molecule has 7 aromatic rings. The van der Waals surface area contributed by atoms with E-state index in [1.165, 1.54) is 38.0 Å². The van der Waals surface area contributed by atoms with Crippen LogP contribution in [-0.4, -0.2) is 9.13 Å². The van der Waals surface area contributed by atoms with Crippen LogP contribution in [0.2, 0.25) is 0 Å². The van der Waals surface area contributed by atoms with Gasteiger partial charge in [-0.15, -0.1) is 0 Å². The number of hydrogen-bond donors (Lipinski definition) is 0. The minimum absolute atomic E-state index is 0.214. The van der Waals surface area contributed by atoms with Gasteiger partial charge in [-0.05, 0) is 66.6 Å². The molecule has 8 rings (SSSR count). The van der Waals surface area contributed by atoms with E-state index in [2.05, 4.69) is 137 Å². The summed E-state index contributed by atoms with van der Waals surface area (Å²) < 4.78 is 4.58. The summed E-state index contributed by atoms with van der Waals surface area (Å²) in [6, 6.07) is 44.4. The highest BCUT2D eigenvalue weighted by molar-refractivity contribution is 6.09. The predicted octanol–water partition coefficient (Wildman–Crippen LogP) is 7.39. The molecule has 43 heavy (non-hydrogen) atoms. The van der Waals surface area contributed by atoms with Gasteiger partial charge in [-0.3, -0.25) is 0 Å². The van der Waals surface area contributed by atoms with Crippen molar-refractivity contribution >= 4 is 44.9 Å². The standard InChI is InChI=1S/C39H26N4/c1-39(28-16-18-37-33(22-28)31-11-5-7-13-35(31)42(37)29-9-3-2-4-10-29)20-19-38-34(23-39)32-12-6-8-14-36(32)43(38)30-17-15-26(24-40)27(21-30)25-41/h2-19,21-23H,20H2,1H3. The highest BCUT2D eigenvalue weighted by Gasteiger charge is 2.28. The van der Waals surface area contributed by atoms with Gasteiger partial charge in [0, 0.05) is 43.5 Å². The van der Waals surface area contributed by atoms with Crippen molar-refractivity contribution in [3.8, 4) is 23.5 Å². The fourth-order valence-electron chi connectivity index (χ4n) is 6.85. The third kappa shape index (κ3) is 3.67. The van der Waals surface area contributed by atoms with Crippen molar-refractivity contribution in [2.45, 2.75) is 18.8 Å². The smallest absolute Gasteiger partial charge is 0.101 e. The van der Waals surface area contributed by atoms with Gasteiger partial charge in [0.2, 0.25) is 0 Å². The minimum Gasteiger partial charge on any atom is -0.310 e. The Morgan fingerprint density at radius 1 is 0.605 bits per heavy atom. The summed E-state index contributed by atoms with van der Waals surface area (Å²) in [4.78, 5) is 0. The minimum atomic E-state index is -0.214. The summed E-state index contributed by atoms with van der Waals surface area (Å²) in [6.07, 6.45) is 5.59. The Bertz CT molecular complexity index is 2460. The Morgan fingerprint density at radius 2 is 1.28 bits per heavy atom. The van der Waals surface area contributed by atoms with Gasteiger partial charge < -0.3 is 9.13 Å². The molecule has 4 heteroatoms. The van der Waals surface area contributed by atoms with Crippen molar-refractivity contribution in [3.05, 3.63) is 143 Å². The van der Waals surface area contributed by atoms with Crippen molar-refractivity contribution < 1.29 is 0 Å². The fraction of sp³-hybridized carbons (Fsp3) is 0.0769. The van der Waals surface area contributed by atoms with Crippen molar-refractivity contribution in [3.63, 3.8) is 0 Å². The summed E-state index contributed by atoms with van der Waals surface area (Å²) in [5.41, 5.74) is 7.37. The van der Waals surface area contributed by atoms with Crippen LogP contribution in [0.4, 0.5) is 0 Å². The third-order valence-electron chi connectivity index (χ3n) is 8.98. The monoisotopic (exact) mass is 550 g/mol. The second-order valence-electron chi connectivity index (χ2n) is 11.5. The third-order valence-corrected chi connectivity index (χ3v) is 8.98. The lowest BCUT2D eigenvalue weighted by atomic mass is 9.76. The molecule has 1 unspecified atom stereocenters. The summed E-state index contributed by atoms with van der Waals surface area (Å²) >= 11 is 0. The van der Waals surface area contributed by atoms with Gasteiger partial charge in [-0.1, -0.05) is 79.7 Å². The Balaban J connectivity index is 1.34. The van der Waals surface area contributed by atoms with Crippen molar-refractivity contribution in [1.82, 2.24) is 9.13 Å². The predicted molar refractivity (Wildman–Crippen MR) is 174 cm³/mol. The molecular weight excluding hydrogens is 524 g/mol. The average Bonchev–Trinajstić information content (AvgIpc) is 3.57. The van der Waals surface area contributed by atoms with E-state index < -0.39 is 0 Å². The summed E-state index contributed by atoms with van der Waals surface area (Å²) in [6.45, 7) is 2.32. The molecule has 0 amide bonds. The van der Waals surface area contributed by atoms with Gasteiger partial charge in [0.15, 0.2) is 0 Å². The van der Waals surface area contributed by atoms with Gasteiger partial charge in [0.25, 0.3) is 0 Å². The largest absolute Gasteiger partial charge is 0.310 e. The molecule has 4 nitrogen and oxygen atoms in total. The van der Waals surface area contributed by atoms with E-state index in [0.29, 0.717) is 11.1 Å². The van der Waals surface area contributed by atoms with Gasteiger partial charge in [-0.2, -0.15) is 10.5 Å². The Labute approximate surface area is 248 Å². The molecule has 0 radical (unpaired) electrons. The number of fused-ring (bicyclic) bond motifs is 6. The molecule has 2 aromatic heterocycles. The molecule has 0 aliphatic heterocycles. The van der Waals surface area contributed by atoms with Crippen LogP contribution in [0, 0.1) is 22.7 Å². The van der Waals surface area contributed by atoms with E-state index in [9.17, 15) is 10.5 Å². The van der Waals surface area contributed by atoms with Crippen LogP contribution in [0.15, 0.2) is 115 Å². The Morgan fingerprint density at radius 3 is 2.05 bits per heavy atom. The second-order valence-corrected chi connectivity index (χ2v) is 11.5. The molecule has 0 N–H and O–H groups in total. The molecular formula is C39H26N4. The topological polar surface area (TPSA) is 57.4 Å². The molecule has 0 spiro atoms. The van der Waals surface area contributed by atoms with Crippen molar-refractivity contribution in [2.24, 2.45) is 0 Å². The van der Waals surface area contributed by atoms with Crippen LogP contribution in [0.5, 0.6) is 0 Å². The van der Waals surface area contributed by atoms with Crippen LogP contribution >= 0.6 is 0 Å². The molecule has 2 heterocycles. The summed E-state index contributed by atoms with van der Waals surface area (Å²) in [5.74, 6) is 0. The Kier molecular flexibility index (Phi) is 5.42. The van der Waals surface area contributed by atoms with Gasteiger partial charge in [0.05, 0.1) is 27.7 Å². The molecule has 0 saturated heterocycles. The van der Waals surface area contributed by atoms with Crippen LogP contribution < -0.4 is 10.6 Å². The van der Waals surface area contributed by atoms with E-state index >= 15 is 0 Å². The van der Waals surface area contributed by atoms with Gasteiger partial charge in [0.1, 0.15) is 12.1 Å². The molecule has 5 aromatic carbocycles. The number of nitriles is 2.